The minimum Gasteiger partial charge on any atom is -0.460 e. The van der Waals surface area contributed by atoms with Crippen molar-refractivity contribution < 1.29 is 14.3 Å². The molecule has 2 amide bonds. The average molecular weight is 365 g/mol. The number of urea groups is 1. The Morgan fingerprint density at radius 3 is 2.59 bits per heavy atom. The lowest BCUT2D eigenvalue weighted by Crippen LogP contribution is -2.32. The summed E-state index contributed by atoms with van der Waals surface area (Å²) in [6.45, 7) is 8.40. The van der Waals surface area contributed by atoms with Gasteiger partial charge in [-0.25, -0.2) is 9.59 Å². The summed E-state index contributed by atoms with van der Waals surface area (Å²) in [6.07, 6.45) is 0. The van der Waals surface area contributed by atoms with Crippen LogP contribution in [0.2, 0.25) is 0 Å². The van der Waals surface area contributed by atoms with Crippen molar-refractivity contribution in [2.75, 3.05) is 18.5 Å². The molecule has 3 aromatic rings. The van der Waals surface area contributed by atoms with Crippen LogP contribution < -0.4 is 10.6 Å². The summed E-state index contributed by atoms with van der Waals surface area (Å²) in [5, 5.41) is 7.74. The normalized spacial score (nSPS) is 10.7. The van der Waals surface area contributed by atoms with Crippen molar-refractivity contribution in [3.05, 3.63) is 54.6 Å². The molecule has 0 unspecified atom stereocenters. The van der Waals surface area contributed by atoms with Crippen LogP contribution >= 0.6 is 0 Å². The maximum absolute atomic E-state index is 12.1. The zero-order chi connectivity index (χ0) is 19.4. The van der Waals surface area contributed by atoms with E-state index in [1.807, 2.05) is 30.3 Å². The van der Waals surface area contributed by atoms with E-state index in [0.29, 0.717) is 11.3 Å². The van der Waals surface area contributed by atoms with E-state index < -0.39 is 5.97 Å². The van der Waals surface area contributed by atoms with E-state index in [9.17, 15) is 9.59 Å². The molecular formula is C21H23N3O3. The van der Waals surface area contributed by atoms with E-state index in [-0.39, 0.29) is 19.2 Å². The topological polar surface area (TPSA) is 72.4 Å². The number of benzene rings is 2. The molecule has 6 nitrogen and oxygen atoms in total. The molecule has 0 saturated carbocycles. The molecular weight excluding hydrogens is 342 g/mol. The van der Waals surface area contributed by atoms with Crippen LogP contribution in [-0.2, 0) is 16.1 Å². The van der Waals surface area contributed by atoms with E-state index in [2.05, 4.69) is 40.8 Å². The molecule has 1 aromatic heterocycles. The molecule has 1 heterocycles. The number of rotatable bonds is 6. The molecule has 0 fully saturated rings. The maximum Gasteiger partial charge on any atom is 0.333 e. The standard InChI is InChI=1S/C21H23N3O3/c1-4-24-18-8-6-5-7-16(18)17-13-15(9-10-19(17)24)23-21(26)22-11-12-27-20(25)14(2)3/h5-10,13H,2,4,11-12H2,1,3H3,(H2,22,23,26). The SMILES string of the molecule is C=C(C)C(=O)OCCNC(=O)Nc1ccc2c(c1)c1ccccc1n2CC. The van der Waals surface area contributed by atoms with E-state index in [1.165, 1.54) is 5.52 Å². The molecule has 0 spiro atoms. The van der Waals surface area contributed by atoms with E-state index in [4.69, 9.17) is 4.74 Å². The number of carbonyl (C=O) groups excluding carboxylic acids is 2. The first-order valence-corrected chi connectivity index (χ1v) is 8.89. The Balaban J connectivity index is 1.69. The predicted octanol–water partition coefficient (Wildman–Crippen LogP) is 4.06. The number of nitrogens with zero attached hydrogens (tertiary/aromatic N) is 1. The Bertz CT molecular complexity index is 1020. The maximum atomic E-state index is 12.1. The number of anilines is 1. The Morgan fingerprint density at radius 1 is 1.11 bits per heavy atom. The van der Waals surface area contributed by atoms with Gasteiger partial charge in [-0.3, -0.25) is 0 Å². The first-order valence-electron chi connectivity index (χ1n) is 8.89. The van der Waals surface area contributed by atoms with Gasteiger partial charge in [-0.05, 0) is 38.1 Å². The largest absolute Gasteiger partial charge is 0.460 e. The number of esters is 1. The van der Waals surface area contributed by atoms with Crippen LogP contribution in [0.1, 0.15) is 13.8 Å². The Labute approximate surface area is 157 Å². The van der Waals surface area contributed by atoms with Gasteiger partial charge in [0, 0.05) is 39.6 Å². The van der Waals surface area contributed by atoms with Crippen molar-refractivity contribution >= 4 is 39.5 Å². The third-order valence-corrected chi connectivity index (χ3v) is 4.32. The Kier molecular flexibility index (Phi) is 5.45. The molecule has 2 aromatic carbocycles. The molecule has 0 aliphatic rings. The van der Waals surface area contributed by atoms with Gasteiger partial charge in [-0.1, -0.05) is 24.8 Å². The van der Waals surface area contributed by atoms with Gasteiger partial charge in [0.1, 0.15) is 6.61 Å². The number of hydrogen-bond acceptors (Lipinski definition) is 3. The van der Waals surface area contributed by atoms with Crippen molar-refractivity contribution in [3.63, 3.8) is 0 Å². The number of aryl methyl sites for hydroxylation is 1. The molecule has 6 heteroatoms. The fraction of sp³-hybridized carbons (Fsp3) is 0.238. The van der Waals surface area contributed by atoms with Gasteiger partial charge in [0.2, 0.25) is 0 Å². The molecule has 0 aliphatic heterocycles. The Hall–Kier alpha value is -3.28. The third kappa shape index (κ3) is 3.95. The van der Waals surface area contributed by atoms with Gasteiger partial charge in [-0.2, -0.15) is 0 Å². The van der Waals surface area contributed by atoms with E-state index >= 15 is 0 Å². The summed E-state index contributed by atoms with van der Waals surface area (Å²) in [5.74, 6) is -0.463. The zero-order valence-electron chi connectivity index (χ0n) is 15.5. The number of fused-ring (bicyclic) bond motifs is 3. The number of hydrogen-bond donors (Lipinski definition) is 2. The van der Waals surface area contributed by atoms with Crippen LogP contribution in [0.4, 0.5) is 10.5 Å². The summed E-state index contributed by atoms with van der Waals surface area (Å²) in [5.41, 5.74) is 3.35. The van der Waals surface area contributed by atoms with E-state index in [0.717, 1.165) is 22.8 Å². The summed E-state index contributed by atoms with van der Waals surface area (Å²) in [4.78, 5) is 23.4. The molecule has 3 rings (SSSR count). The van der Waals surface area contributed by atoms with Gasteiger partial charge in [0.15, 0.2) is 0 Å². The van der Waals surface area contributed by atoms with Gasteiger partial charge >= 0.3 is 12.0 Å². The number of para-hydroxylation sites is 1. The van der Waals surface area contributed by atoms with Gasteiger partial charge < -0.3 is 19.9 Å². The summed E-state index contributed by atoms with van der Waals surface area (Å²) < 4.78 is 7.20. The highest BCUT2D eigenvalue weighted by Crippen LogP contribution is 2.30. The van der Waals surface area contributed by atoms with Crippen LogP contribution in [0.3, 0.4) is 0 Å². The quantitative estimate of drug-likeness (QED) is 0.393. The molecule has 0 radical (unpaired) electrons. The number of nitrogens with one attached hydrogen (secondary N) is 2. The number of amides is 2. The van der Waals surface area contributed by atoms with Crippen molar-refractivity contribution in [2.24, 2.45) is 0 Å². The average Bonchev–Trinajstić information content (AvgIpc) is 2.98. The fourth-order valence-corrected chi connectivity index (χ4v) is 3.08. The first kappa shape index (κ1) is 18.5. The highest BCUT2D eigenvalue weighted by Gasteiger charge is 2.10. The molecule has 27 heavy (non-hydrogen) atoms. The van der Waals surface area contributed by atoms with Crippen molar-refractivity contribution in [2.45, 2.75) is 20.4 Å². The van der Waals surface area contributed by atoms with Crippen LogP contribution in [0.5, 0.6) is 0 Å². The van der Waals surface area contributed by atoms with Crippen LogP contribution in [0, 0.1) is 0 Å². The lowest BCUT2D eigenvalue weighted by atomic mass is 10.1. The molecule has 0 saturated heterocycles. The molecule has 140 valence electrons. The number of ether oxygens (including phenoxy) is 1. The predicted molar refractivity (Wildman–Crippen MR) is 108 cm³/mol. The van der Waals surface area contributed by atoms with Crippen molar-refractivity contribution in [3.8, 4) is 0 Å². The first-order chi connectivity index (χ1) is 13.0. The summed E-state index contributed by atoms with van der Waals surface area (Å²) in [6, 6.07) is 13.8. The minimum absolute atomic E-state index is 0.0993. The number of aromatic nitrogens is 1. The second-order valence-corrected chi connectivity index (χ2v) is 6.29. The van der Waals surface area contributed by atoms with Crippen LogP contribution in [-0.4, -0.2) is 29.7 Å². The third-order valence-electron chi connectivity index (χ3n) is 4.32. The molecule has 2 N–H and O–H groups in total. The molecule has 0 bridgehead atoms. The van der Waals surface area contributed by atoms with E-state index in [1.54, 1.807) is 6.92 Å². The zero-order valence-corrected chi connectivity index (χ0v) is 15.5. The smallest absolute Gasteiger partial charge is 0.333 e. The highest BCUT2D eigenvalue weighted by atomic mass is 16.5. The Morgan fingerprint density at radius 2 is 1.85 bits per heavy atom. The highest BCUT2D eigenvalue weighted by molar-refractivity contribution is 6.09. The monoisotopic (exact) mass is 365 g/mol. The van der Waals surface area contributed by atoms with Gasteiger partial charge in [0.05, 0.1) is 6.54 Å². The number of carbonyl (C=O) groups is 2. The lowest BCUT2D eigenvalue weighted by Gasteiger charge is -2.09. The van der Waals surface area contributed by atoms with Crippen LogP contribution in [0.15, 0.2) is 54.6 Å². The molecule has 0 aliphatic carbocycles. The summed E-state index contributed by atoms with van der Waals surface area (Å²) >= 11 is 0. The lowest BCUT2D eigenvalue weighted by molar-refractivity contribution is -0.138. The van der Waals surface area contributed by atoms with Crippen molar-refractivity contribution in [1.29, 1.82) is 0 Å². The fourth-order valence-electron chi connectivity index (χ4n) is 3.08. The molecule has 0 atom stereocenters. The van der Waals surface area contributed by atoms with Crippen molar-refractivity contribution in [1.82, 2.24) is 9.88 Å². The second kappa shape index (κ2) is 7.95. The summed E-state index contributed by atoms with van der Waals surface area (Å²) in [7, 11) is 0. The van der Waals surface area contributed by atoms with Crippen LogP contribution in [0.25, 0.3) is 21.8 Å². The van der Waals surface area contributed by atoms with Gasteiger partial charge in [0.25, 0.3) is 0 Å². The van der Waals surface area contributed by atoms with Gasteiger partial charge in [-0.15, -0.1) is 0 Å². The minimum atomic E-state index is -0.463. The second-order valence-electron chi connectivity index (χ2n) is 6.29.